The number of nitrogens with zero attached hydrogens (tertiary/aromatic N) is 1. The van der Waals surface area contributed by atoms with Gasteiger partial charge in [0.2, 0.25) is 0 Å². The highest BCUT2D eigenvalue weighted by Crippen LogP contribution is 2.40. The van der Waals surface area contributed by atoms with E-state index in [2.05, 4.69) is 5.32 Å². The minimum atomic E-state index is -5.33. The Kier molecular flexibility index (Phi) is 2.78. The summed E-state index contributed by atoms with van der Waals surface area (Å²) < 4.78 is 73.6. The zero-order valence-corrected chi connectivity index (χ0v) is 7.62. The lowest BCUT2D eigenvalue weighted by atomic mass is 10.0. The third-order valence-corrected chi connectivity index (χ3v) is 1.67. The molecular formula is C8H3F6NO. The SMILES string of the molecule is CC1=[C]C(=O)[N]C(C(F)(F)F)=C1C(F)(F)F. The second-order valence-corrected chi connectivity index (χ2v) is 2.89. The van der Waals surface area contributed by atoms with Crippen LogP contribution in [0.15, 0.2) is 16.8 Å². The van der Waals surface area contributed by atoms with Crippen molar-refractivity contribution in [3.05, 3.63) is 22.9 Å². The molecule has 8 heteroatoms. The van der Waals surface area contributed by atoms with Crippen molar-refractivity contribution < 1.29 is 31.1 Å². The number of hydrogen-bond acceptors (Lipinski definition) is 1. The summed E-state index contributed by atoms with van der Waals surface area (Å²) in [6.07, 6.45) is -8.99. The molecule has 0 fully saturated rings. The Balaban J connectivity index is 3.42. The molecule has 1 amide bonds. The zero-order chi connectivity index (χ0) is 12.7. The quantitative estimate of drug-likeness (QED) is 0.600. The Labute approximate surface area is 85.6 Å². The molecule has 16 heavy (non-hydrogen) atoms. The Bertz CT molecular complexity index is 386. The van der Waals surface area contributed by atoms with E-state index >= 15 is 0 Å². The van der Waals surface area contributed by atoms with Crippen LogP contribution in [-0.2, 0) is 4.79 Å². The average molecular weight is 243 g/mol. The molecule has 0 bridgehead atoms. The molecule has 0 saturated heterocycles. The van der Waals surface area contributed by atoms with E-state index in [0.29, 0.717) is 0 Å². The van der Waals surface area contributed by atoms with Gasteiger partial charge in [-0.05, 0) is 12.5 Å². The van der Waals surface area contributed by atoms with Crippen LogP contribution in [0.25, 0.3) is 0 Å². The normalized spacial score (nSPS) is 18.4. The van der Waals surface area contributed by atoms with Gasteiger partial charge in [-0.15, -0.1) is 0 Å². The minimum absolute atomic E-state index is 0.723. The lowest BCUT2D eigenvalue weighted by molar-refractivity contribution is -0.130. The van der Waals surface area contributed by atoms with Crippen LogP contribution < -0.4 is 5.32 Å². The van der Waals surface area contributed by atoms with E-state index in [1.54, 1.807) is 6.08 Å². The van der Waals surface area contributed by atoms with Crippen LogP contribution in [0.2, 0.25) is 0 Å². The molecule has 0 aromatic carbocycles. The predicted octanol–water partition coefficient (Wildman–Crippen LogP) is 2.26. The first-order chi connectivity index (χ1) is 7.03. The lowest BCUT2D eigenvalue weighted by Gasteiger charge is -2.21. The van der Waals surface area contributed by atoms with Crippen LogP contribution in [0.5, 0.6) is 0 Å². The molecule has 0 spiro atoms. The largest absolute Gasteiger partial charge is 0.434 e. The summed E-state index contributed by atoms with van der Waals surface area (Å²) in [4.78, 5) is 10.6. The van der Waals surface area contributed by atoms with Gasteiger partial charge in [0, 0.05) is 0 Å². The van der Waals surface area contributed by atoms with Gasteiger partial charge >= 0.3 is 12.4 Å². The number of rotatable bonds is 0. The molecule has 1 aliphatic rings. The summed E-state index contributed by atoms with van der Waals surface area (Å²) in [5.41, 5.74) is -5.11. The van der Waals surface area contributed by atoms with Crippen molar-refractivity contribution >= 4 is 5.91 Å². The molecule has 0 aromatic rings. The molecule has 1 heterocycles. The van der Waals surface area contributed by atoms with E-state index < -0.39 is 35.1 Å². The van der Waals surface area contributed by atoms with Crippen molar-refractivity contribution in [2.24, 2.45) is 0 Å². The summed E-state index contributed by atoms with van der Waals surface area (Å²) in [6, 6.07) is 0. The Morgan fingerprint density at radius 3 is 1.94 bits per heavy atom. The molecule has 0 aromatic heterocycles. The van der Waals surface area contributed by atoms with Gasteiger partial charge in [-0.3, -0.25) is 4.79 Å². The van der Waals surface area contributed by atoms with Crippen molar-refractivity contribution in [3.63, 3.8) is 0 Å². The van der Waals surface area contributed by atoms with E-state index in [9.17, 15) is 31.1 Å². The number of amides is 1. The lowest BCUT2D eigenvalue weighted by Crippen LogP contribution is -2.34. The smallest absolute Gasteiger partial charge is 0.267 e. The molecular weight excluding hydrogens is 240 g/mol. The molecule has 1 aliphatic heterocycles. The van der Waals surface area contributed by atoms with Crippen LogP contribution >= 0.6 is 0 Å². The van der Waals surface area contributed by atoms with Gasteiger partial charge in [-0.2, -0.15) is 26.3 Å². The number of halogens is 6. The first-order valence-corrected chi connectivity index (χ1v) is 3.79. The van der Waals surface area contributed by atoms with Gasteiger partial charge in [0.1, 0.15) is 0 Å². The summed E-state index contributed by atoms with van der Waals surface area (Å²) in [5.74, 6) is -1.47. The number of carbonyl (C=O) groups excluding carboxylic acids is 1. The van der Waals surface area contributed by atoms with Crippen molar-refractivity contribution in [1.82, 2.24) is 5.32 Å². The summed E-state index contributed by atoms with van der Waals surface area (Å²) in [7, 11) is 0. The van der Waals surface area contributed by atoms with E-state index in [1.165, 1.54) is 0 Å². The number of alkyl halides is 6. The van der Waals surface area contributed by atoms with E-state index in [0.717, 1.165) is 6.92 Å². The molecule has 0 atom stereocenters. The Morgan fingerprint density at radius 2 is 1.56 bits per heavy atom. The van der Waals surface area contributed by atoms with Gasteiger partial charge < -0.3 is 0 Å². The third-order valence-electron chi connectivity index (χ3n) is 1.67. The minimum Gasteiger partial charge on any atom is -0.267 e. The summed E-state index contributed by atoms with van der Waals surface area (Å²) >= 11 is 0. The van der Waals surface area contributed by atoms with Crippen LogP contribution in [0.4, 0.5) is 26.3 Å². The highest BCUT2D eigenvalue weighted by Gasteiger charge is 2.49. The van der Waals surface area contributed by atoms with E-state index in [4.69, 9.17) is 0 Å². The molecule has 1 rings (SSSR count). The molecule has 0 unspecified atom stereocenters. The maximum absolute atomic E-state index is 12.3. The highest BCUT2D eigenvalue weighted by atomic mass is 19.4. The van der Waals surface area contributed by atoms with E-state index in [-0.39, 0.29) is 0 Å². The molecule has 0 aliphatic carbocycles. The van der Waals surface area contributed by atoms with Crippen molar-refractivity contribution in [2.45, 2.75) is 19.3 Å². The fourth-order valence-corrected chi connectivity index (χ4v) is 1.14. The van der Waals surface area contributed by atoms with Crippen molar-refractivity contribution in [3.8, 4) is 0 Å². The number of allylic oxidation sites excluding steroid dienone is 3. The summed E-state index contributed by atoms with van der Waals surface area (Å²) in [5, 5.41) is 2.32. The van der Waals surface area contributed by atoms with Gasteiger partial charge in [-0.25, -0.2) is 5.32 Å². The molecule has 0 N–H and O–H groups in total. The van der Waals surface area contributed by atoms with Crippen LogP contribution in [-0.4, -0.2) is 18.3 Å². The van der Waals surface area contributed by atoms with Crippen molar-refractivity contribution in [2.75, 3.05) is 0 Å². The maximum Gasteiger partial charge on any atom is 0.434 e. The third kappa shape index (κ3) is 2.37. The Hall–Kier alpha value is -1.47. The van der Waals surface area contributed by atoms with Crippen molar-refractivity contribution in [1.29, 1.82) is 0 Å². The molecule has 2 nitrogen and oxygen atoms in total. The topological polar surface area (TPSA) is 31.2 Å². The first-order valence-electron chi connectivity index (χ1n) is 3.79. The average Bonchev–Trinajstić information content (AvgIpc) is 1.97. The second kappa shape index (κ2) is 3.53. The van der Waals surface area contributed by atoms with Crippen LogP contribution in [0.3, 0.4) is 0 Å². The number of carbonyl (C=O) groups is 1. The molecule has 88 valence electrons. The highest BCUT2D eigenvalue weighted by molar-refractivity contribution is 5.88. The first kappa shape index (κ1) is 12.6. The monoisotopic (exact) mass is 243 g/mol. The van der Waals surface area contributed by atoms with E-state index in [1.807, 2.05) is 0 Å². The fourth-order valence-electron chi connectivity index (χ4n) is 1.14. The van der Waals surface area contributed by atoms with Crippen LogP contribution in [0, 0.1) is 6.08 Å². The number of hydrogen-bond donors (Lipinski definition) is 0. The van der Waals surface area contributed by atoms with Crippen LogP contribution in [0.1, 0.15) is 6.92 Å². The van der Waals surface area contributed by atoms with Gasteiger partial charge in [-0.1, -0.05) is 0 Å². The summed E-state index contributed by atoms with van der Waals surface area (Å²) in [6.45, 7) is 0.723. The fraction of sp³-hybridized carbons (Fsp3) is 0.375. The predicted molar refractivity (Wildman–Crippen MR) is 38.7 cm³/mol. The Morgan fingerprint density at radius 1 is 1.06 bits per heavy atom. The zero-order valence-electron chi connectivity index (χ0n) is 7.62. The molecule has 2 radical (unpaired) electrons. The van der Waals surface area contributed by atoms with Gasteiger partial charge in [0.25, 0.3) is 5.91 Å². The van der Waals surface area contributed by atoms with Gasteiger partial charge in [0.15, 0.2) is 5.70 Å². The maximum atomic E-state index is 12.3. The standard InChI is InChI=1S/C8H3F6NO/c1-3-2-4(16)15-6(8(12,13)14)5(3)7(9,10)11/h1H3. The van der Waals surface area contributed by atoms with Gasteiger partial charge in [0.05, 0.1) is 11.6 Å². The second-order valence-electron chi connectivity index (χ2n) is 2.89. The molecule has 0 saturated carbocycles.